The zero-order valence-electron chi connectivity index (χ0n) is 17.5. The standard InChI is InChI=1S/C23H21F3N4O3/c24-23(25,26)18-3-1-2-4-20(18)33-15-22(31)27-17-7-5-16(6-8-17)19-9-10-21(29-28-19)30-11-13-32-14-12-30/h1-10H,11-15H2,(H,27,31). The molecule has 0 bridgehead atoms. The highest BCUT2D eigenvalue weighted by molar-refractivity contribution is 5.92. The molecule has 3 aromatic rings. The number of carbonyl (C=O) groups is 1. The van der Waals surface area contributed by atoms with Crippen molar-refractivity contribution in [3.63, 3.8) is 0 Å². The Morgan fingerprint density at radius 2 is 1.73 bits per heavy atom. The maximum Gasteiger partial charge on any atom is 0.419 e. The van der Waals surface area contributed by atoms with Gasteiger partial charge in [-0.15, -0.1) is 10.2 Å². The summed E-state index contributed by atoms with van der Waals surface area (Å²) < 4.78 is 49.5. The van der Waals surface area contributed by atoms with Crippen molar-refractivity contribution in [1.82, 2.24) is 10.2 Å². The van der Waals surface area contributed by atoms with Gasteiger partial charge in [0.1, 0.15) is 5.75 Å². The molecule has 1 aliphatic rings. The minimum atomic E-state index is -4.56. The van der Waals surface area contributed by atoms with E-state index < -0.39 is 30.0 Å². The summed E-state index contributed by atoms with van der Waals surface area (Å²) >= 11 is 0. The minimum absolute atomic E-state index is 0.394. The molecule has 1 aliphatic heterocycles. The molecule has 2 aromatic carbocycles. The second kappa shape index (κ2) is 9.86. The van der Waals surface area contributed by atoms with Gasteiger partial charge in [-0.05, 0) is 36.4 Å². The number of para-hydroxylation sites is 1. The smallest absolute Gasteiger partial charge is 0.419 e. The molecule has 0 spiro atoms. The van der Waals surface area contributed by atoms with Crippen LogP contribution in [0.15, 0.2) is 60.7 Å². The van der Waals surface area contributed by atoms with Crippen molar-refractivity contribution in [2.45, 2.75) is 6.18 Å². The van der Waals surface area contributed by atoms with Gasteiger partial charge < -0.3 is 19.7 Å². The summed E-state index contributed by atoms with van der Waals surface area (Å²) in [4.78, 5) is 14.2. The number of nitrogens with one attached hydrogen (secondary N) is 1. The maximum absolute atomic E-state index is 13.0. The SMILES string of the molecule is O=C(COc1ccccc1C(F)(F)F)Nc1ccc(-c2ccc(N3CCOCC3)nn2)cc1. The average molecular weight is 458 g/mol. The van der Waals surface area contributed by atoms with E-state index in [2.05, 4.69) is 20.4 Å². The predicted molar refractivity (Wildman–Crippen MR) is 116 cm³/mol. The van der Waals surface area contributed by atoms with E-state index in [0.717, 1.165) is 30.5 Å². The molecule has 7 nitrogen and oxygen atoms in total. The molecule has 1 fully saturated rings. The highest BCUT2D eigenvalue weighted by Crippen LogP contribution is 2.35. The van der Waals surface area contributed by atoms with Crippen molar-refractivity contribution in [3.8, 4) is 17.0 Å². The van der Waals surface area contributed by atoms with Gasteiger partial charge in [0.15, 0.2) is 12.4 Å². The minimum Gasteiger partial charge on any atom is -0.483 e. The third-order valence-electron chi connectivity index (χ3n) is 5.00. The molecule has 10 heteroatoms. The molecule has 1 aromatic heterocycles. The van der Waals surface area contributed by atoms with Crippen LogP contribution in [0.1, 0.15) is 5.56 Å². The van der Waals surface area contributed by atoms with Gasteiger partial charge in [-0.3, -0.25) is 4.79 Å². The molecule has 1 N–H and O–H groups in total. The number of morpholine rings is 1. The Bertz CT molecular complexity index is 1080. The Morgan fingerprint density at radius 1 is 1.00 bits per heavy atom. The molecule has 4 rings (SSSR count). The molecule has 1 amide bonds. The van der Waals surface area contributed by atoms with Gasteiger partial charge in [-0.1, -0.05) is 24.3 Å². The number of hydrogen-bond donors (Lipinski definition) is 1. The lowest BCUT2D eigenvalue weighted by atomic mass is 10.1. The van der Waals surface area contributed by atoms with E-state index in [4.69, 9.17) is 9.47 Å². The molecule has 2 heterocycles. The van der Waals surface area contributed by atoms with E-state index in [-0.39, 0.29) is 0 Å². The van der Waals surface area contributed by atoms with Crippen molar-refractivity contribution in [1.29, 1.82) is 0 Å². The average Bonchev–Trinajstić information content (AvgIpc) is 2.83. The number of halogens is 3. The summed E-state index contributed by atoms with van der Waals surface area (Å²) in [6.45, 7) is 2.32. The fourth-order valence-electron chi connectivity index (χ4n) is 3.33. The third kappa shape index (κ3) is 5.78. The first kappa shape index (κ1) is 22.5. The van der Waals surface area contributed by atoms with Crippen molar-refractivity contribution in [2.24, 2.45) is 0 Å². The molecule has 0 atom stereocenters. The van der Waals surface area contributed by atoms with Crippen molar-refractivity contribution >= 4 is 17.4 Å². The Hall–Kier alpha value is -3.66. The molecule has 172 valence electrons. The normalized spacial score (nSPS) is 14.1. The summed E-state index contributed by atoms with van der Waals surface area (Å²) in [6, 6.07) is 15.4. The van der Waals surface area contributed by atoms with Gasteiger partial charge in [0.05, 0.1) is 24.5 Å². The van der Waals surface area contributed by atoms with Gasteiger partial charge in [-0.25, -0.2) is 0 Å². The Kier molecular flexibility index (Phi) is 6.74. The number of aromatic nitrogens is 2. The summed E-state index contributed by atoms with van der Waals surface area (Å²) in [5, 5.41) is 11.2. The topological polar surface area (TPSA) is 76.6 Å². The molecule has 1 saturated heterocycles. The van der Waals surface area contributed by atoms with Crippen molar-refractivity contribution in [2.75, 3.05) is 43.1 Å². The predicted octanol–water partition coefficient (Wildman–Crippen LogP) is 4.02. The summed E-state index contributed by atoms with van der Waals surface area (Å²) in [7, 11) is 0. The van der Waals surface area contributed by atoms with Crippen LogP contribution in [0.2, 0.25) is 0 Å². The first-order valence-electron chi connectivity index (χ1n) is 10.3. The Morgan fingerprint density at radius 3 is 2.39 bits per heavy atom. The zero-order chi connectivity index (χ0) is 23.3. The second-order valence-electron chi connectivity index (χ2n) is 7.28. The first-order valence-corrected chi connectivity index (χ1v) is 10.3. The number of carbonyl (C=O) groups excluding carboxylic acids is 1. The molecule has 0 aliphatic carbocycles. The van der Waals surface area contributed by atoms with Crippen molar-refractivity contribution < 1.29 is 27.4 Å². The zero-order valence-corrected chi connectivity index (χ0v) is 17.5. The highest BCUT2D eigenvalue weighted by Gasteiger charge is 2.34. The number of ether oxygens (including phenoxy) is 2. The van der Waals surface area contributed by atoms with Gasteiger partial charge in [0.2, 0.25) is 0 Å². The monoisotopic (exact) mass is 458 g/mol. The Balaban J connectivity index is 1.34. The maximum atomic E-state index is 13.0. The third-order valence-corrected chi connectivity index (χ3v) is 5.00. The van der Waals surface area contributed by atoms with Gasteiger partial charge in [0, 0.05) is 24.3 Å². The van der Waals surface area contributed by atoms with Crippen molar-refractivity contribution in [3.05, 3.63) is 66.2 Å². The molecule has 0 radical (unpaired) electrons. The lowest BCUT2D eigenvalue weighted by Gasteiger charge is -2.27. The van der Waals surface area contributed by atoms with Crippen LogP contribution in [-0.4, -0.2) is 49.0 Å². The Labute approximate surface area is 188 Å². The number of nitrogens with zero attached hydrogens (tertiary/aromatic N) is 3. The number of anilines is 2. The number of amides is 1. The van der Waals surface area contributed by atoms with E-state index >= 15 is 0 Å². The van der Waals surface area contributed by atoms with E-state index in [1.807, 2.05) is 12.1 Å². The molecule has 0 saturated carbocycles. The summed E-state index contributed by atoms with van der Waals surface area (Å²) in [6.07, 6.45) is -4.56. The summed E-state index contributed by atoms with van der Waals surface area (Å²) in [5.41, 5.74) is 1.04. The molecule has 0 unspecified atom stereocenters. The van der Waals surface area contributed by atoms with Gasteiger partial charge >= 0.3 is 6.18 Å². The van der Waals surface area contributed by atoms with E-state index in [1.54, 1.807) is 24.3 Å². The van der Waals surface area contributed by atoms with Crippen LogP contribution in [0.5, 0.6) is 5.75 Å². The molecule has 33 heavy (non-hydrogen) atoms. The highest BCUT2D eigenvalue weighted by atomic mass is 19.4. The fraction of sp³-hybridized carbons (Fsp3) is 0.261. The quantitative estimate of drug-likeness (QED) is 0.602. The first-order chi connectivity index (χ1) is 15.9. The van der Waals surface area contributed by atoms with Crippen LogP contribution in [-0.2, 0) is 15.7 Å². The van der Waals surface area contributed by atoms with Crippen LogP contribution in [0.4, 0.5) is 24.7 Å². The van der Waals surface area contributed by atoms with E-state index in [0.29, 0.717) is 24.6 Å². The van der Waals surface area contributed by atoms with Crippen LogP contribution >= 0.6 is 0 Å². The van der Waals surface area contributed by atoms with Crippen LogP contribution in [0.25, 0.3) is 11.3 Å². The number of hydrogen-bond acceptors (Lipinski definition) is 6. The van der Waals surface area contributed by atoms with Crippen LogP contribution < -0.4 is 15.0 Å². The largest absolute Gasteiger partial charge is 0.483 e. The van der Waals surface area contributed by atoms with Crippen LogP contribution in [0.3, 0.4) is 0 Å². The van der Waals surface area contributed by atoms with E-state index in [9.17, 15) is 18.0 Å². The number of alkyl halides is 3. The second-order valence-corrected chi connectivity index (χ2v) is 7.28. The van der Waals surface area contributed by atoms with Gasteiger partial charge in [0.25, 0.3) is 5.91 Å². The summed E-state index contributed by atoms with van der Waals surface area (Å²) in [5.74, 6) is -0.179. The lowest BCUT2D eigenvalue weighted by Crippen LogP contribution is -2.36. The van der Waals surface area contributed by atoms with E-state index in [1.165, 1.54) is 18.2 Å². The molecular formula is C23H21F3N4O3. The number of benzene rings is 2. The van der Waals surface area contributed by atoms with Crippen LogP contribution in [0, 0.1) is 0 Å². The lowest BCUT2D eigenvalue weighted by molar-refractivity contribution is -0.139. The molecular weight excluding hydrogens is 437 g/mol. The van der Waals surface area contributed by atoms with Gasteiger partial charge in [-0.2, -0.15) is 13.2 Å². The number of rotatable bonds is 6. The fourth-order valence-corrected chi connectivity index (χ4v) is 3.33.